The van der Waals surface area contributed by atoms with Crippen molar-refractivity contribution in [2.24, 2.45) is 15.9 Å². The van der Waals surface area contributed by atoms with E-state index in [2.05, 4.69) is 20.9 Å². The van der Waals surface area contributed by atoms with Crippen molar-refractivity contribution in [2.45, 2.75) is 70.6 Å². The van der Waals surface area contributed by atoms with Gasteiger partial charge in [0, 0.05) is 50.2 Å². The molecule has 9 nitrogen and oxygen atoms in total. The molecule has 2 amide bonds. The summed E-state index contributed by atoms with van der Waals surface area (Å²) in [6, 6.07) is 5.74. The maximum atomic E-state index is 14.3. The number of amides is 2. The number of carbonyl (C=O) groups is 2. The van der Waals surface area contributed by atoms with Crippen LogP contribution < -0.4 is 4.74 Å². The summed E-state index contributed by atoms with van der Waals surface area (Å²) in [5.41, 5.74) is -1.45. The van der Waals surface area contributed by atoms with Crippen LogP contribution in [0, 0.1) is 5.92 Å². The number of aliphatic imine (C=N–C) groups is 2. The van der Waals surface area contributed by atoms with Crippen LogP contribution in [0.4, 0.5) is 4.79 Å². The van der Waals surface area contributed by atoms with Gasteiger partial charge in [-0.15, -0.1) is 0 Å². The molecule has 3 heterocycles. The molecule has 1 spiro atoms. The first-order chi connectivity index (χ1) is 17.2. The number of nitrogens with zero attached hydrogens (tertiary/aromatic N) is 5. The minimum absolute atomic E-state index is 0.0799. The summed E-state index contributed by atoms with van der Waals surface area (Å²) in [5.74, 6) is 1.22. The van der Waals surface area contributed by atoms with E-state index < -0.39 is 16.7 Å². The smallest absolute Gasteiger partial charge is 0.410 e. The number of guanidine groups is 1. The largest absolute Gasteiger partial charge is 0.487 e. The molecule has 0 saturated carbocycles. The number of likely N-dealkylation sites (tertiary alicyclic amines) is 1. The number of carbonyl (C=O) groups excluding carboxylic acids is 2. The third kappa shape index (κ3) is 5.94. The molecular formula is C27H38BrN5O4. The summed E-state index contributed by atoms with van der Waals surface area (Å²) in [6.45, 7) is 11.3. The van der Waals surface area contributed by atoms with Crippen molar-refractivity contribution in [1.29, 1.82) is 0 Å². The van der Waals surface area contributed by atoms with Crippen molar-refractivity contribution in [2.75, 3.05) is 33.7 Å². The molecule has 3 aliphatic rings. The van der Waals surface area contributed by atoms with Crippen molar-refractivity contribution >= 4 is 40.2 Å². The van der Waals surface area contributed by atoms with Crippen LogP contribution in [0.2, 0.25) is 0 Å². The maximum Gasteiger partial charge on any atom is 0.410 e. The lowest BCUT2D eigenvalue weighted by atomic mass is 9.77. The quantitative estimate of drug-likeness (QED) is 0.387. The van der Waals surface area contributed by atoms with Gasteiger partial charge in [-0.25, -0.2) is 14.8 Å². The molecule has 1 aromatic rings. The first kappa shape index (κ1) is 27.4. The van der Waals surface area contributed by atoms with Gasteiger partial charge in [0.25, 0.3) is 5.91 Å². The molecule has 202 valence electrons. The first-order valence-electron chi connectivity index (χ1n) is 12.8. The van der Waals surface area contributed by atoms with Gasteiger partial charge in [0.1, 0.15) is 17.0 Å². The van der Waals surface area contributed by atoms with Gasteiger partial charge in [-0.1, -0.05) is 15.9 Å². The third-order valence-corrected chi connectivity index (χ3v) is 7.19. The fourth-order valence-electron chi connectivity index (χ4n) is 5.16. The average molecular weight is 577 g/mol. The summed E-state index contributed by atoms with van der Waals surface area (Å²) < 4.78 is 12.6. The number of hydrogen-bond donors (Lipinski definition) is 0. The Morgan fingerprint density at radius 2 is 1.97 bits per heavy atom. The number of piperidine rings is 1. The van der Waals surface area contributed by atoms with Gasteiger partial charge in [-0.3, -0.25) is 9.69 Å². The van der Waals surface area contributed by atoms with Crippen molar-refractivity contribution in [3.05, 3.63) is 28.2 Å². The predicted octanol–water partition coefficient (Wildman–Crippen LogP) is 4.64. The summed E-state index contributed by atoms with van der Waals surface area (Å²) in [4.78, 5) is 41.7. The molecule has 3 aliphatic heterocycles. The van der Waals surface area contributed by atoms with Crippen LogP contribution in [0.5, 0.6) is 5.75 Å². The molecule has 0 aromatic heterocycles. The molecular weight excluding hydrogens is 538 g/mol. The summed E-state index contributed by atoms with van der Waals surface area (Å²) in [7, 11) is 3.77. The fourth-order valence-corrected chi connectivity index (χ4v) is 5.52. The van der Waals surface area contributed by atoms with E-state index in [1.165, 1.54) is 0 Å². The Hall–Kier alpha value is -2.62. The topological polar surface area (TPSA) is 87.0 Å². The molecule has 10 heteroatoms. The molecule has 1 atom stereocenters. The van der Waals surface area contributed by atoms with Crippen LogP contribution in [0.3, 0.4) is 0 Å². The van der Waals surface area contributed by atoms with E-state index in [1.807, 2.05) is 71.8 Å². The number of fused-ring (bicyclic) bond motifs is 2. The lowest BCUT2D eigenvalue weighted by molar-refractivity contribution is -0.135. The summed E-state index contributed by atoms with van der Waals surface area (Å²) in [5, 5.41) is 0. The Morgan fingerprint density at radius 1 is 1.30 bits per heavy atom. The summed E-state index contributed by atoms with van der Waals surface area (Å²) in [6.07, 6.45) is 3.35. The zero-order valence-corrected chi connectivity index (χ0v) is 24.5. The molecule has 1 aromatic carbocycles. The lowest BCUT2D eigenvalue weighted by Crippen LogP contribution is -2.51. The van der Waals surface area contributed by atoms with E-state index in [0.29, 0.717) is 37.8 Å². The van der Waals surface area contributed by atoms with Crippen molar-refractivity contribution in [3.8, 4) is 5.75 Å². The van der Waals surface area contributed by atoms with Gasteiger partial charge in [0.15, 0.2) is 5.54 Å². The van der Waals surface area contributed by atoms with Gasteiger partial charge < -0.3 is 19.3 Å². The Kier molecular flexibility index (Phi) is 7.35. The highest BCUT2D eigenvalue weighted by Crippen LogP contribution is 2.50. The van der Waals surface area contributed by atoms with Crippen LogP contribution in [-0.2, 0) is 15.1 Å². The maximum absolute atomic E-state index is 14.3. The van der Waals surface area contributed by atoms with Crippen LogP contribution in [0.25, 0.3) is 0 Å². The average Bonchev–Trinajstić information content (AvgIpc) is 3.03. The number of halogens is 1. The van der Waals surface area contributed by atoms with E-state index >= 15 is 0 Å². The number of ether oxygens (including phenoxy) is 2. The first-order valence-corrected chi connectivity index (χ1v) is 13.6. The van der Waals surface area contributed by atoms with Crippen molar-refractivity contribution in [3.63, 3.8) is 0 Å². The van der Waals surface area contributed by atoms with Gasteiger partial charge >= 0.3 is 6.09 Å². The highest BCUT2D eigenvalue weighted by molar-refractivity contribution is 9.10. The third-order valence-electron chi connectivity index (χ3n) is 6.70. The monoisotopic (exact) mass is 575 g/mol. The minimum Gasteiger partial charge on any atom is -0.487 e. The van der Waals surface area contributed by atoms with Crippen LogP contribution in [-0.4, -0.2) is 83.9 Å². The number of rotatable bonds is 3. The summed E-state index contributed by atoms with van der Waals surface area (Å²) >= 11 is 3.56. The van der Waals surface area contributed by atoms with Gasteiger partial charge in [0.05, 0.1) is 6.34 Å². The zero-order chi connectivity index (χ0) is 27.2. The number of benzene rings is 1. The van der Waals surface area contributed by atoms with Gasteiger partial charge in [-0.05, 0) is 71.6 Å². The second kappa shape index (κ2) is 9.93. The zero-order valence-electron chi connectivity index (χ0n) is 22.9. The normalized spacial score (nSPS) is 23.8. The van der Waals surface area contributed by atoms with E-state index in [-0.39, 0.29) is 17.9 Å². The standard InChI is InChI=1S/C27H38BrN5O4/c1-25(2,3)37-24(35)32-12-10-18(11-13-32)15-33-22(34)27(30-23(33)29-17-31(6)7)16-26(4,5)36-21-9-8-19(28)14-20(21)27/h8-9,14,17-18H,10-13,15-16H2,1-7H3/b29-17+. The predicted molar refractivity (Wildman–Crippen MR) is 147 cm³/mol. The molecule has 1 unspecified atom stereocenters. The van der Waals surface area contributed by atoms with Gasteiger partial charge in [-0.2, -0.15) is 0 Å². The minimum atomic E-state index is -1.10. The molecule has 0 N–H and O–H groups in total. The molecule has 0 radical (unpaired) electrons. The van der Waals surface area contributed by atoms with E-state index in [4.69, 9.17) is 14.5 Å². The van der Waals surface area contributed by atoms with E-state index in [9.17, 15) is 9.59 Å². The SMILES string of the molecule is CN(C)/C=N/C1=NC2(CC(C)(C)Oc3ccc(Br)cc32)C(=O)N1CC1CCN(C(=O)OC(C)(C)C)CC1. The van der Waals surface area contributed by atoms with Crippen LogP contribution in [0.1, 0.15) is 59.4 Å². The lowest BCUT2D eigenvalue weighted by Gasteiger charge is -2.41. The molecule has 1 saturated heterocycles. The molecule has 0 bridgehead atoms. The molecule has 4 rings (SSSR count). The Balaban J connectivity index is 1.59. The number of hydrogen-bond acceptors (Lipinski definition) is 6. The van der Waals surface area contributed by atoms with Crippen molar-refractivity contribution in [1.82, 2.24) is 14.7 Å². The second-order valence-corrected chi connectivity index (χ2v) is 12.9. The highest BCUT2D eigenvalue weighted by Gasteiger charge is 2.57. The van der Waals surface area contributed by atoms with Gasteiger partial charge in [0.2, 0.25) is 5.96 Å². The van der Waals surface area contributed by atoms with Crippen LogP contribution in [0.15, 0.2) is 32.7 Å². The highest BCUT2D eigenvalue weighted by atomic mass is 79.9. The Labute approximate surface area is 228 Å². The van der Waals surface area contributed by atoms with E-state index in [0.717, 1.165) is 22.9 Å². The van der Waals surface area contributed by atoms with Crippen LogP contribution >= 0.6 is 15.9 Å². The van der Waals surface area contributed by atoms with E-state index in [1.54, 1.807) is 16.1 Å². The molecule has 1 fully saturated rings. The molecule has 0 aliphatic carbocycles. The van der Waals surface area contributed by atoms with Crippen molar-refractivity contribution < 1.29 is 19.1 Å². The fraction of sp³-hybridized carbons (Fsp3) is 0.630. The second-order valence-electron chi connectivity index (χ2n) is 12.0. The Bertz CT molecular complexity index is 1120. The Morgan fingerprint density at radius 3 is 2.59 bits per heavy atom. The molecule has 37 heavy (non-hydrogen) atoms.